The van der Waals surface area contributed by atoms with E-state index in [-0.39, 0.29) is 0 Å². The van der Waals surface area contributed by atoms with Crippen molar-refractivity contribution in [2.45, 2.75) is 103 Å². The predicted octanol–water partition coefficient (Wildman–Crippen LogP) is 8.07. The first-order chi connectivity index (χ1) is 16.5. The molecule has 0 unspecified atom stereocenters. The smallest absolute Gasteiger partial charge is 0.161 e. The van der Waals surface area contributed by atoms with Gasteiger partial charge in [0.05, 0.1) is 41.4 Å². The van der Waals surface area contributed by atoms with E-state index in [0.717, 1.165) is 34.5 Å². The van der Waals surface area contributed by atoms with Gasteiger partial charge in [-0.1, -0.05) is 84.0 Å². The first-order valence-corrected chi connectivity index (χ1v) is 14.1. The Kier molecular flexibility index (Phi) is 17.7. The second-order valence-electron chi connectivity index (χ2n) is 10.5. The molecule has 0 aromatic heterocycles. The van der Waals surface area contributed by atoms with Crippen LogP contribution in [0.1, 0.15) is 109 Å². The van der Waals surface area contributed by atoms with Gasteiger partial charge in [0.1, 0.15) is 0 Å². The Hall–Kier alpha value is -1.55. The molecule has 0 aliphatic carbocycles. The Labute approximate surface area is 211 Å². The van der Waals surface area contributed by atoms with E-state index in [9.17, 15) is 0 Å². The highest BCUT2D eigenvalue weighted by molar-refractivity contribution is 5.80. The van der Waals surface area contributed by atoms with Gasteiger partial charge in [-0.25, -0.2) is 0 Å². The first-order valence-electron chi connectivity index (χ1n) is 14.1. The molecule has 0 N–H and O–H groups in total. The number of benzene rings is 1. The Bertz CT molecular complexity index is 643. The van der Waals surface area contributed by atoms with Gasteiger partial charge in [0.25, 0.3) is 0 Å². The molecule has 0 radical (unpaired) electrons. The summed E-state index contributed by atoms with van der Waals surface area (Å²) in [7, 11) is 8.04. The minimum absolute atomic E-state index is 0.748. The van der Waals surface area contributed by atoms with Crippen molar-refractivity contribution in [3.8, 4) is 11.5 Å². The zero-order valence-corrected chi connectivity index (χ0v) is 23.2. The van der Waals surface area contributed by atoms with Gasteiger partial charge in [-0.2, -0.15) is 0 Å². The average molecular weight is 476 g/mol. The lowest BCUT2D eigenvalue weighted by atomic mass is 10.0. The second-order valence-corrected chi connectivity index (χ2v) is 10.5. The minimum Gasteiger partial charge on any atom is -0.493 e. The van der Waals surface area contributed by atoms with E-state index in [1.54, 1.807) is 14.2 Å². The molecular formula is C30H55N2O2+. The summed E-state index contributed by atoms with van der Waals surface area (Å²) >= 11 is 0. The average Bonchev–Trinajstić information content (AvgIpc) is 2.83. The topological polar surface area (TPSA) is 30.8 Å². The van der Waals surface area contributed by atoms with Crippen LogP contribution in [0, 0.1) is 0 Å². The third-order valence-corrected chi connectivity index (χ3v) is 6.82. The second kappa shape index (κ2) is 19.7. The maximum Gasteiger partial charge on any atom is 0.161 e. The van der Waals surface area contributed by atoms with Crippen LogP contribution in [0.4, 0.5) is 0 Å². The fourth-order valence-corrected chi connectivity index (χ4v) is 4.54. The fraction of sp³-hybridized carbons (Fsp3) is 0.767. The number of unbranched alkanes of at least 4 members (excludes halogenated alkanes) is 13. The standard InChI is InChI=1S/C30H55N2O2/c1-6-7-8-9-10-11-12-13-14-15-16-17-18-19-24-32(2,3)25-20-23-31-27-28-21-22-29(33-4)30(26-28)34-5/h21-22,26-27H,6-20,23-25H2,1-5H3/q+1. The largest absolute Gasteiger partial charge is 0.493 e. The maximum atomic E-state index is 5.36. The fourth-order valence-electron chi connectivity index (χ4n) is 4.54. The zero-order chi connectivity index (χ0) is 24.9. The lowest BCUT2D eigenvalue weighted by molar-refractivity contribution is -0.890. The number of ether oxygens (including phenoxy) is 2. The Morgan fingerprint density at radius 3 is 1.71 bits per heavy atom. The van der Waals surface area contributed by atoms with Gasteiger partial charge in [0.15, 0.2) is 11.5 Å². The molecule has 0 fully saturated rings. The Morgan fingerprint density at radius 1 is 0.676 bits per heavy atom. The number of hydrogen-bond acceptors (Lipinski definition) is 3. The SMILES string of the molecule is CCCCCCCCCCCCCCCC[N+](C)(C)CCCN=Cc1ccc(OC)c(OC)c1. The van der Waals surface area contributed by atoms with Crippen molar-refractivity contribution < 1.29 is 14.0 Å². The summed E-state index contributed by atoms with van der Waals surface area (Å²) < 4.78 is 11.8. The summed E-state index contributed by atoms with van der Waals surface area (Å²) in [6.45, 7) is 5.62. The summed E-state index contributed by atoms with van der Waals surface area (Å²) in [6, 6.07) is 5.91. The van der Waals surface area contributed by atoms with E-state index < -0.39 is 0 Å². The molecule has 4 nitrogen and oxygen atoms in total. The normalized spacial score (nSPS) is 11.9. The van der Waals surface area contributed by atoms with Gasteiger partial charge < -0.3 is 14.0 Å². The molecule has 34 heavy (non-hydrogen) atoms. The van der Waals surface area contributed by atoms with Crippen LogP contribution in [-0.2, 0) is 0 Å². The van der Waals surface area contributed by atoms with E-state index in [1.165, 1.54) is 103 Å². The molecular weight excluding hydrogens is 420 g/mol. The van der Waals surface area contributed by atoms with E-state index >= 15 is 0 Å². The van der Waals surface area contributed by atoms with Crippen molar-refractivity contribution in [2.75, 3.05) is 47.9 Å². The summed E-state index contributed by atoms with van der Waals surface area (Å²) in [5, 5.41) is 0. The zero-order valence-electron chi connectivity index (χ0n) is 23.2. The molecule has 0 heterocycles. The number of methoxy groups -OCH3 is 2. The highest BCUT2D eigenvalue weighted by Gasteiger charge is 2.13. The molecule has 1 aromatic carbocycles. The van der Waals surface area contributed by atoms with Gasteiger partial charge in [0, 0.05) is 19.2 Å². The van der Waals surface area contributed by atoms with Crippen LogP contribution in [0.5, 0.6) is 11.5 Å². The van der Waals surface area contributed by atoms with Gasteiger partial charge in [-0.15, -0.1) is 0 Å². The van der Waals surface area contributed by atoms with Gasteiger partial charge in [-0.3, -0.25) is 4.99 Å². The highest BCUT2D eigenvalue weighted by atomic mass is 16.5. The number of nitrogens with zero attached hydrogens (tertiary/aromatic N) is 2. The van der Waals surface area contributed by atoms with Crippen molar-refractivity contribution in [1.82, 2.24) is 0 Å². The highest BCUT2D eigenvalue weighted by Crippen LogP contribution is 2.26. The Morgan fingerprint density at radius 2 is 1.18 bits per heavy atom. The van der Waals surface area contributed by atoms with Crippen molar-refractivity contribution in [1.29, 1.82) is 0 Å². The Balaban J connectivity index is 2.01. The van der Waals surface area contributed by atoms with Crippen LogP contribution in [-0.4, -0.2) is 58.6 Å². The third-order valence-electron chi connectivity index (χ3n) is 6.82. The molecule has 0 saturated heterocycles. The minimum atomic E-state index is 0.748. The van der Waals surface area contributed by atoms with E-state index in [0.29, 0.717) is 0 Å². The third kappa shape index (κ3) is 15.4. The molecule has 1 rings (SSSR count). The van der Waals surface area contributed by atoms with Gasteiger partial charge >= 0.3 is 0 Å². The number of hydrogen-bond donors (Lipinski definition) is 0. The molecule has 4 heteroatoms. The molecule has 0 atom stereocenters. The van der Waals surface area contributed by atoms with Crippen molar-refractivity contribution >= 4 is 6.21 Å². The van der Waals surface area contributed by atoms with Crippen LogP contribution >= 0.6 is 0 Å². The molecule has 0 bridgehead atoms. The van der Waals surface area contributed by atoms with Crippen LogP contribution in [0.3, 0.4) is 0 Å². The molecule has 0 saturated carbocycles. The lowest BCUT2D eigenvalue weighted by Crippen LogP contribution is -2.41. The van der Waals surface area contributed by atoms with Crippen molar-refractivity contribution in [3.05, 3.63) is 23.8 Å². The number of aliphatic imine (C=N–C) groups is 1. The molecule has 1 aromatic rings. The summed E-state index contributed by atoms with van der Waals surface area (Å²) in [6.07, 6.45) is 23.0. The number of quaternary nitrogens is 1. The van der Waals surface area contributed by atoms with E-state index in [1.807, 2.05) is 24.4 Å². The maximum absolute atomic E-state index is 5.36. The molecule has 0 aliphatic heterocycles. The van der Waals surface area contributed by atoms with E-state index in [2.05, 4.69) is 26.0 Å². The summed E-state index contributed by atoms with van der Waals surface area (Å²) in [5.41, 5.74) is 1.05. The number of rotatable bonds is 22. The van der Waals surface area contributed by atoms with Crippen molar-refractivity contribution in [3.63, 3.8) is 0 Å². The monoisotopic (exact) mass is 475 g/mol. The molecule has 196 valence electrons. The molecule has 0 spiro atoms. The van der Waals surface area contributed by atoms with Crippen LogP contribution in [0.15, 0.2) is 23.2 Å². The first kappa shape index (κ1) is 30.5. The van der Waals surface area contributed by atoms with Crippen LogP contribution in [0.25, 0.3) is 0 Å². The summed E-state index contributed by atoms with van der Waals surface area (Å²) in [5.74, 6) is 1.50. The lowest BCUT2D eigenvalue weighted by Gasteiger charge is -2.29. The molecule has 0 amide bonds. The van der Waals surface area contributed by atoms with Crippen LogP contribution in [0.2, 0.25) is 0 Å². The summed E-state index contributed by atoms with van der Waals surface area (Å²) in [4.78, 5) is 4.62. The van der Waals surface area contributed by atoms with E-state index in [4.69, 9.17) is 9.47 Å². The van der Waals surface area contributed by atoms with Crippen LogP contribution < -0.4 is 9.47 Å². The molecule has 0 aliphatic rings. The van der Waals surface area contributed by atoms with Gasteiger partial charge in [-0.05, 0) is 36.6 Å². The van der Waals surface area contributed by atoms with Gasteiger partial charge in [0.2, 0.25) is 0 Å². The quantitative estimate of drug-likeness (QED) is 0.0964. The predicted molar refractivity (Wildman–Crippen MR) is 149 cm³/mol. The van der Waals surface area contributed by atoms with Crippen molar-refractivity contribution in [2.24, 2.45) is 4.99 Å².